The predicted molar refractivity (Wildman–Crippen MR) is 89.7 cm³/mol. The first-order valence-corrected chi connectivity index (χ1v) is 7.42. The van der Waals surface area contributed by atoms with Crippen molar-refractivity contribution in [2.24, 2.45) is 7.05 Å². The largest absolute Gasteiger partial charge is 0.345 e. The predicted octanol–water partition coefficient (Wildman–Crippen LogP) is 2.46. The molecule has 112 valence electrons. The fourth-order valence-electron chi connectivity index (χ4n) is 2.59. The number of nitrogens with zero attached hydrogens (tertiary/aromatic N) is 3. The molecule has 0 bridgehead atoms. The lowest BCUT2D eigenvalue weighted by Crippen LogP contribution is -2.29. The molecule has 0 unspecified atom stereocenters. The Hall–Kier alpha value is -2.03. The van der Waals surface area contributed by atoms with Crippen LogP contribution >= 0.6 is 0 Å². The number of hydrogen-bond donors (Lipinski definition) is 0. The smallest absolute Gasteiger partial charge is 0.0955 e. The summed E-state index contributed by atoms with van der Waals surface area (Å²) in [5, 5.41) is 2.23. The van der Waals surface area contributed by atoms with Gasteiger partial charge in [0.2, 0.25) is 0 Å². The Labute approximate surface area is 127 Å². The van der Waals surface area contributed by atoms with E-state index in [1.807, 2.05) is 13.4 Å². The molecule has 2 rings (SSSR count). The van der Waals surface area contributed by atoms with Crippen LogP contribution in [0.3, 0.4) is 0 Å². The first-order valence-electron chi connectivity index (χ1n) is 7.42. The number of allylic oxidation sites excluding steroid dienone is 4. The molecule has 3 nitrogen and oxygen atoms in total. The van der Waals surface area contributed by atoms with Crippen molar-refractivity contribution < 1.29 is 0 Å². The number of imidazole rings is 1. The lowest BCUT2D eigenvalue weighted by molar-refractivity contribution is 0.552. The number of hydrogen-bond acceptors (Lipinski definition) is 2. The third-order valence-electron chi connectivity index (χ3n) is 3.86. The zero-order valence-corrected chi connectivity index (χ0v) is 13.8. The maximum absolute atomic E-state index is 4.47. The van der Waals surface area contributed by atoms with Crippen molar-refractivity contribution in [2.45, 2.75) is 33.6 Å². The first kappa shape index (κ1) is 15.4. The van der Waals surface area contributed by atoms with E-state index in [1.165, 1.54) is 16.8 Å². The van der Waals surface area contributed by atoms with Gasteiger partial charge >= 0.3 is 0 Å². The molecule has 0 radical (unpaired) electrons. The highest BCUT2D eigenvalue weighted by Gasteiger charge is 2.12. The molecular formula is C18H25N3. The summed E-state index contributed by atoms with van der Waals surface area (Å²) < 4.78 is 2.07. The summed E-state index contributed by atoms with van der Waals surface area (Å²) in [6.07, 6.45) is 10.4. The van der Waals surface area contributed by atoms with Gasteiger partial charge < -0.3 is 9.47 Å². The fraction of sp³-hybridized carbons (Fsp3) is 0.389. The number of fused-ring (bicyclic) bond motifs is 1. The molecule has 3 heteroatoms. The van der Waals surface area contributed by atoms with E-state index in [4.69, 9.17) is 0 Å². The number of rotatable bonds is 4. The Balaban J connectivity index is 2.54. The standard InChI is InChI=1S/C18H25N3/c1-7-15-8-9-16-18(20(5)12-19-16)11-17(15)21(6)14(4)10-13(2)3/h9-12H,4,7-8H2,1-3,5-6H3. The zero-order valence-electron chi connectivity index (χ0n) is 13.8. The van der Waals surface area contributed by atoms with Crippen LogP contribution in [0.1, 0.15) is 33.6 Å². The summed E-state index contributed by atoms with van der Waals surface area (Å²) in [6.45, 7) is 10.6. The Morgan fingerprint density at radius 1 is 1.48 bits per heavy atom. The minimum Gasteiger partial charge on any atom is -0.345 e. The highest BCUT2D eigenvalue weighted by atomic mass is 15.1. The maximum atomic E-state index is 4.47. The number of aromatic nitrogens is 2. The number of aryl methyl sites for hydroxylation is 1. The van der Waals surface area contributed by atoms with Crippen LogP contribution in [0.4, 0.5) is 0 Å². The first-order chi connectivity index (χ1) is 9.93. The van der Waals surface area contributed by atoms with Crippen molar-refractivity contribution in [1.29, 1.82) is 0 Å². The molecular weight excluding hydrogens is 258 g/mol. The second kappa shape index (κ2) is 6.17. The average Bonchev–Trinajstić information content (AvgIpc) is 2.68. The van der Waals surface area contributed by atoms with Crippen molar-refractivity contribution in [3.05, 3.63) is 52.2 Å². The minimum atomic E-state index is 0.943. The third kappa shape index (κ3) is 3.18. The van der Waals surface area contributed by atoms with E-state index in [9.17, 15) is 0 Å². The van der Waals surface area contributed by atoms with Crippen molar-refractivity contribution >= 4 is 12.2 Å². The summed E-state index contributed by atoms with van der Waals surface area (Å²) in [7, 11) is 4.13. The molecule has 1 aliphatic rings. The van der Waals surface area contributed by atoms with Gasteiger partial charge in [-0.3, -0.25) is 0 Å². The van der Waals surface area contributed by atoms with Gasteiger partial charge in [0.05, 0.1) is 17.0 Å². The van der Waals surface area contributed by atoms with E-state index in [-0.39, 0.29) is 0 Å². The second-order valence-electron chi connectivity index (χ2n) is 5.79. The van der Waals surface area contributed by atoms with Gasteiger partial charge in [-0.2, -0.15) is 0 Å². The zero-order chi connectivity index (χ0) is 15.6. The summed E-state index contributed by atoms with van der Waals surface area (Å²) in [6, 6.07) is 0. The Morgan fingerprint density at radius 2 is 2.19 bits per heavy atom. The minimum absolute atomic E-state index is 0.943. The molecule has 0 aromatic carbocycles. The molecule has 1 aromatic heterocycles. The fourth-order valence-corrected chi connectivity index (χ4v) is 2.59. The Kier molecular flexibility index (Phi) is 4.51. The van der Waals surface area contributed by atoms with Crippen molar-refractivity contribution in [3.63, 3.8) is 0 Å². The summed E-state index contributed by atoms with van der Waals surface area (Å²) in [5.41, 5.74) is 4.92. The molecule has 1 aliphatic carbocycles. The van der Waals surface area contributed by atoms with Crippen LogP contribution in [0.15, 0.2) is 41.5 Å². The molecule has 0 spiro atoms. The summed E-state index contributed by atoms with van der Waals surface area (Å²) >= 11 is 0. The molecule has 21 heavy (non-hydrogen) atoms. The summed E-state index contributed by atoms with van der Waals surface area (Å²) in [4.78, 5) is 6.65. The molecule has 0 saturated carbocycles. The van der Waals surface area contributed by atoms with Gasteiger partial charge in [-0.05, 0) is 44.4 Å². The molecule has 0 atom stereocenters. The Morgan fingerprint density at radius 3 is 2.81 bits per heavy atom. The topological polar surface area (TPSA) is 21.1 Å². The SMILES string of the molecule is C=C(C=C(C)C)N(C)C1=C(CC)CC=c2ncn(C)c2=C1. The molecule has 0 saturated heterocycles. The molecule has 0 aliphatic heterocycles. The normalized spacial score (nSPS) is 13.8. The highest BCUT2D eigenvalue weighted by Crippen LogP contribution is 2.22. The number of likely N-dealkylation sites (N-methyl/N-ethyl adjacent to an activating group) is 1. The van der Waals surface area contributed by atoms with Crippen LogP contribution < -0.4 is 10.7 Å². The van der Waals surface area contributed by atoms with Gasteiger partial charge in [-0.25, -0.2) is 4.98 Å². The van der Waals surface area contributed by atoms with E-state index in [0.29, 0.717) is 0 Å². The third-order valence-corrected chi connectivity index (χ3v) is 3.86. The van der Waals surface area contributed by atoms with Gasteiger partial charge in [0.15, 0.2) is 0 Å². The Bertz CT molecular complexity index is 725. The highest BCUT2D eigenvalue weighted by molar-refractivity contribution is 5.53. The van der Waals surface area contributed by atoms with Crippen LogP contribution in [0.25, 0.3) is 12.2 Å². The molecule has 1 heterocycles. The molecule has 1 aromatic rings. The van der Waals surface area contributed by atoms with Crippen molar-refractivity contribution in [1.82, 2.24) is 14.5 Å². The average molecular weight is 283 g/mol. The quantitative estimate of drug-likeness (QED) is 0.792. The van der Waals surface area contributed by atoms with E-state index < -0.39 is 0 Å². The monoisotopic (exact) mass is 283 g/mol. The summed E-state index contributed by atoms with van der Waals surface area (Å²) in [5.74, 6) is 0. The van der Waals surface area contributed by atoms with Gasteiger partial charge in [-0.15, -0.1) is 0 Å². The molecule has 0 fully saturated rings. The molecule has 0 N–H and O–H groups in total. The van der Waals surface area contributed by atoms with Crippen LogP contribution in [0.5, 0.6) is 0 Å². The van der Waals surface area contributed by atoms with Gasteiger partial charge in [0.1, 0.15) is 0 Å². The van der Waals surface area contributed by atoms with Gasteiger partial charge in [-0.1, -0.05) is 25.2 Å². The lowest BCUT2D eigenvalue weighted by atomic mass is 10.1. The van der Waals surface area contributed by atoms with Crippen LogP contribution in [-0.4, -0.2) is 21.5 Å². The van der Waals surface area contributed by atoms with Crippen LogP contribution in [0, 0.1) is 0 Å². The maximum Gasteiger partial charge on any atom is 0.0955 e. The second-order valence-corrected chi connectivity index (χ2v) is 5.79. The lowest BCUT2D eigenvalue weighted by Gasteiger charge is -2.24. The van der Waals surface area contributed by atoms with Crippen molar-refractivity contribution in [2.75, 3.05) is 7.05 Å². The van der Waals surface area contributed by atoms with Crippen LogP contribution in [-0.2, 0) is 7.05 Å². The molecule has 0 amide bonds. The van der Waals surface area contributed by atoms with Crippen LogP contribution in [0.2, 0.25) is 0 Å². The van der Waals surface area contributed by atoms with E-state index in [1.54, 1.807) is 0 Å². The van der Waals surface area contributed by atoms with E-state index >= 15 is 0 Å². The van der Waals surface area contributed by atoms with Gasteiger partial charge in [0.25, 0.3) is 0 Å². The van der Waals surface area contributed by atoms with E-state index in [0.717, 1.165) is 29.2 Å². The van der Waals surface area contributed by atoms with Crippen molar-refractivity contribution in [3.8, 4) is 0 Å². The van der Waals surface area contributed by atoms with Gasteiger partial charge in [0, 0.05) is 25.5 Å². The van der Waals surface area contributed by atoms with E-state index in [2.05, 4.69) is 67.1 Å².